The maximum atomic E-state index is 13.6. The molecule has 2 bridgehead atoms. The summed E-state index contributed by atoms with van der Waals surface area (Å²) in [5, 5.41) is 12.9. The number of carbonyl (C=O) groups is 5. The molecule has 4 N–H and O–H groups in total. The SMILES string of the molecule is CC(C)C1NC(=O)C[C@H]2/C=C/CCSSC[C@@H](NC1=O)C(=O)N[C@H](Cc1ccc3ccccc3c1)C(=O)NCC(=O)O2. The third-order valence-electron chi connectivity index (χ3n) is 6.90. The zero-order valence-corrected chi connectivity index (χ0v) is 25.2. The monoisotopic (exact) mass is 612 g/mol. The van der Waals surface area contributed by atoms with Crippen molar-refractivity contribution in [2.24, 2.45) is 5.92 Å². The zero-order chi connectivity index (χ0) is 30.1. The van der Waals surface area contributed by atoms with E-state index in [9.17, 15) is 24.0 Å². The Morgan fingerprint density at radius 3 is 2.48 bits per heavy atom. The number of ether oxygens (including phenoxy) is 1. The summed E-state index contributed by atoms with van der Waals surface area (Å²) in [7, 11) is 2.97. The quantitative estimate of drug-likeness (QED) is 0.235. The second-order valence-corrected chi connectivity index (χ2v) is 13.2. The molecular weight excluding hydrogens is 576 g/mol. The summed E-state index contributed by atoms with van der Waals surface area (Å²) in [6.45, 7) is 3.14. The predicted molar refractivity (Wildman–Crippen MR) is 164 cm³/mol. The number of esters is 1. The van der Waals surface area contributed by atoms with Gasteiger partial charge in [0.15, 0.2) is 0 Å². The Morgan fingerprint density at radius 2 is 1.69 bits per heavy atom. The molecule has 2 heterocycles. The van der Waals surface area contributed by atoms with Crippen LogP contribution in [-0.4, -0.2) is 71.9 Å². The lowest BCUT2D eigenvalue weighted by Crippen LogP contribution is -2.59. The highest BCUT2D eigenvalue weighted by Crippen LogP contribution is 2.24. The van der Waals surface area contributed by atoms with Crippen LogP contribution in [0.4, 0.5) is 0 Å². The fourth-order valence-electron chi connectivity index (χ4n) is 4.66. The fraction of sp³-hybridized carbons (Fsp3) is 0.433. The zero-order valence-electron chi connectivity index (χ0n) is 23.6. The molecule has 0 saturated carbocycles. The van der Waals surface area contributed by atoms with Gasteiger partial charge in [0.05, 0.1) is 6.42 Å². The molecule has 4 atom stereocenters. The number of fused-ring (bicyclic) bond motifs is 8. The van der Waals surface area contributed by atoms with Crippen LogP contribution in [0.5, 0.6) is 0 Å². The van der Waals surface area contributed by atoms with Gasteiger partial charge in [0.2, 0.25) is 23.6 Å². The van der Waals surface area contributed by atoms with Gasteiger partial charge >= 0.3 is 5.97 Å². The predicted octanol–water partition coefficient (Wildman–Crippen LogP) is 2.27. The summed E-state index contributed by atoms with van der Waals surface area (Å²) in [4.78, 5) is 66.0. The largest absolute Gasteiger partial charge is 0.456 e. The Kier molecular flexibility index (Phi) is 11.3. The van der Waals surface area contributed by atoms with E-state index in [-0.39, 0.29) is 24.5 Å². The van der Waals surface area contributed by atoms with Gasteiger partial charge < -0.3 is 26.0 Å². The minimum absolute atomic E-state index is 0.163. The first-order valence-electron chi connectivity index (χ1n) is 14.0. The van der Waals surface area contributed by atoms with E-state index in [1.54, 1.807) is 19.9 Å². The molecule has 42 heavy (non-hydrogen) atoms. The molecule has 2 aromatic carbocycles. The summed E-state index contributed by atoms with van der Waals surface area (Å²) in [6, 6.07) is 10.7. The fourth-order valence-corrected chi connectivity index (χ4v) is 6.82. The molecule has 2 aliphatic rings. The standard InChI is InChI=1S/C30H36N4O6S2/c1-18(2)27-30(39)33-24-17-42-41-12-6-5-9-22(15-25(35)34-27)40-26(36)16-31-28(37)23(32-29(24)38)14-19-10-11-20-7-3-4-8-21(20)13-19/h3-5,7-11,13,18,22-24,27H,6,12,14-17H2,1-2H3,(H,31,37)(H,32,38)(H,33,39)(H,34,35)/b9-5+/t22-,23-,24-,27?/m1/s1. The molecule has 1 fully saturated rings. The summed E-state index contributed by atoms with van der Waals surface area (Å²) >= 11 is 0. The second-order valence-electron chi connectivity index (χ2n) is 10.6. The Bertz CT molecular complexity index is 1350. The van der Waals surface area contributed by atoms with Crippen molar-refractivity contribution in [1.29, 1.82) is 0 Å². The van der Waals surface area contributed by atoms with Gasteiger partial charge in [-0.15, -0.1) is 0 Å². The molecule has 4 amide bonds. The van der Waals surface area contributed by atoms with E-state index in [0.29, 0.717) is 12.2 Å². The highest BCUT2D eigenvalue weighted by molar-refractivity contribution is 8.76. The third kappa shape index (κ3) is 8.99. The van der Waals surface area contributed by atoms with Crippen LogP contribution in [0.15, 0.2) is 54.6 Å². The van der Waals surface area contributed by atoms with Crippen LogP contribution >= 0.6 is 21.6 Å². The van der Waals surface area contributed by atoms with Gasteiger partial charge in [-0.1, -0.05) is 84.0 Å². The first-order valence-corrected chi connectivity index (χ1v) is 16.4. The van der Waals surface area contributed by atoms with Gasteiger partial charge in [0.1, 0.15) is 30.8 Å². The average molecular weight is 613 g/mol. The van der Waals surface area contributed by atoms with E-state index in [0.717, 1.165) is 16.3 Å². The number of hydrogen-bond donors (Lipinski definition) is 4. The summed E-state index contributed by atoms with van der Waals surface area (Å²) in [5.41, 5.74) is 0.815. The van der Waals surface area contributed by atoms with Crippen LogP contribution in [0.3, 0.4) is 0 Å². The Labute approximate surface area is 252 Å². The number of nitrogens with one attached hydrogen (secondary N) is 4. The van der Waals surface area contributed by atoms with E-state index in [4.69, 9.17) is 4.74 Å². The number of rotatable bonds is 3. The number of carbonyl (C=O) groups excluding carboxylic acids is 5. The van der Waals surface area contributed by atoms with Crippen molar-refractivity contribution < 1.29 is 28.7 Å². The molecular formula is C30H36N4O6S2. The van der Waals surface area contributed by atoms with E-state index >= 15 is 0 Å². The van der Waals surface area contributed by atoms with E-state index < -0.39 is 60.4 Å². The van der Waals surface area contributed by atoms with Gasteiger partial charge in [-0.05, 0) is 34.8 Å². The van der Waals surface area contributed by atoms with Crippen molar-refractivity contribution in [3.05, 3.63) is 60.2 Å². The van der Waals surface area contributed by atoms with E-state index in [1.165, 1.54) is 21.6 Å². The van der Waals surface area contributed by atoms with Crippen LogP contribution in [0.25, 0.3) is 10.8 Å². The maximum Gasteiger partial charge on any atom is 0.326 e. The van der Waals surface area contributed by atoms with E-state index in [2.05, 4.69) is 21.3 Å². The van der Waals surface area contributed by atoms with Crippen molar-refractivity contribution >= 4 is 62.0 Å². The second kappa shape index (κ2) is 15.1. The van der Waals surface area contributed by atoms with Crippen LogP contribution in [0, 0.1) is 5.92 Å². The lowest BCUT2D eigenvalue weighted by atomic mass is 10.0. The minimum atomic E-state index is -1.02. The molecule has 10 nitrogen and oxygen atoms in total. The highest BCUT2D eigenvalue weighted by Gasteiger charge is 2.32. The number of amides is 4. The Balaban J connectivity index is 1.67. The molecule has 0 spiro atoms. The number of hydrogen-bond acceptors (Lipinski definition) is 8. The average Bonchev–Trinajstić information content (AvgIpc) is 2.96. The van der Waals surface area contributed by atoms with E-state index in [1.807, 2.05) is 48.5 Å². The number of benzene rings is 2. The van der Waals surface area contributed by atoms with Gasteiger partial charge in [0, 0.05) is 17.9 Å². The smallest absolute Gasteiger partial charge is 0.326 e. The minimum Gasteiger partial charge on any atom is -0.456 e. The van der Waals surface area contributed by atoms with Crippen molar-refractivity contribution in [3.63, 3.8) is 0 Å². The van der Waals surface area contributed by atoms with Crippen molar-refractivity contribution in [1.82, 2.24) is 21.3 Å². The summed E-state index contributed by atoms with van der Waals surface area (Å²) in [6.07, 6.45) is 3.24. The van der Waals surface area contributed by atoms with Crippen LogP contribution in [-0.2, 0) is 35.1 Å². The topological polar surface area (TPSA) is 143 Å². The first-order chi connectivity index (χ1) is 20.2. The molecule has 1 unspecified atom stereocenters. The normalized spacial score (nSPS) is 25.9. The summed E-state index contributed by atoms with van der Waals surface area (Å²) in [5.74, 6) is -2.14. The molecule has 0 aliphatic carbocycles. The van der Waals surface area contributed by atoms with Crippen molar-refractivity contribution in [3.8, 4) is 0 Å². The van der Waals surface area contributed by atoms with Gasteiger partial charge in [-0.2, -0.15) is 0 Å². The van der Waals surface area contributed by atoms with Gasteiger partial charge in [0.25, 0.3) is 0 Å². The van der Waals surface area contributed by atoms with Crippen LogP contribution in [0.2, 0.25) is 0 Å². The van der Waals surface area contributed by atoms with Gasteiger partial charge in [-0.3, -0.25) is 24.0 Å². The maximum absolute atomic E-state index is 13.6. The molecule has 2 aliphatic heterocycles. The highest BCUT2D eigenvalue weighted by atomic mass is 33.1. The van der Waals surface area contributed by atoms with Crippen molar-refractivity contribution in [2.45, 2.75) is 57.3 Å². The van der Waals surface area contributed by atoms with Crippen molar-refractivity contribution in [2.75, 3.05) is 18.1 Å². The first kappa shape index (κ1) is 31.4. The molecule has 224 valence electrons. The lowest BCUT2D eigenvalue weighted by Gasteiger charge is -2.27. The Morgan fingerprint density at radius 1 is 0.905 bits per heavy atom. The molecule has 4 rings (SSSR count). The van der Waals surface area contributed by atoms with Gasteiger partial charge in [-0.25, -0.2) is 0 Å². The number of allylic oxidation sites excluding steroid dienone is 1. The third-order valence-corrected chi connectivity index (χ3v) is 9.34. The van der Waals surface area contributed by atoms with Crippen LogP contribution in [0.1, 0.15) is 32.3 Å². The molecule has 0 radical (unpaired) electrons. The molecule has 12 heteroatoms. The lowest BCUT2D eigenvalue weighted by molar-refractivity contribution is -0.148. The molecule has 1 saturated heterocycles. The molecule has 0 aromatic heterocycles. The molecule has 2 aromatic rings. The van der Waals surface area contributed by atoms with Crippen LogP contribution < -0.4 is 21.3 Å². The summed E-state index contributed by atoms with van der Waals surface area (Å²) < 4.78 is 5.53. The Hall–Kier alpha value is -3.51.